The minimum atomic E-state index is -0.639. The van der Waals surface area contributed by atoms with Crippen molar-refractivity contribution in [1.82, 2.24) is 0 Å². The highest BCUT2D eigenvalue weighted by Crippen LogP contribution is 2.37. The van der Waals surface area contributed by atoms with Gasteiger partial charge in [-0.25, -0.2) is 0 Å². The fourth-order valence-electron chi connectivity index (χ4n) is 3.52. The first-order valence-corrected chi connectivity index (χ1v) is 8.05. The second-order valence-corrected chi connectivity index (χ2v) is 6.89. The van der Waals surface area contributed by atoms with Gasteiger partial charge in [0.2, 0.25) is 0 Å². The van der Waals surface area contributed by atoms with Gasteiger partial charge in [-0.2, -0.15) is 0 Å². The zero-order valence-electron chi connectivity index (χ0n) is 14.7. The summed E-state index contributed by atoms with van der Waals surface area (Å²) < 4.78 is 29.5. The molecular formula is C18H26O5. The third-order valence-electron chi connectivity index (χ3n) is 4.33. The fraction of sp³-hybridized carbons (Fsp3) is 0.667. The Balaban J connectivity index is 1.89. The number of ether oxygens (including phenoxy) is 5. The van der Waals surface area contributed by atoms with E-state index in [9.17, 15) is 0 Å². The Kier molecular flexibility index (Phi) is 4.40. The van der Waals surface area contributed by atoms with Crippen LogP contribution in [0.1, 0.15) is 30.5 Å². The normalized spacial score (nSPS) is 32.6. The van der Waals surface area contributed by atoms with Gasteiger partial charge >= 0.3 is 0 Å². The van der Waals surface area contributed by atoms with Crippen LogP contribution in [0.4, 0.5) is 0 Å². The Bertz CT molecular complexity index is 560. The number of hydrogen-bond donors (Lipinski definition) is 0. The van der Waals surface area contributed by atoms with Crippen LogP contribution in [-0.4, -0.2) is 44.1 Å². The van der Waals surface area contributed by atoms with Crippen LogP contribution in [0.25, 0.3) is 0 Å². The molecule has 2 saturated heterocycles. The highest BCUT2D eigenvalue weighted by molar-refractivity contribution is 5.43. The Hall–Kier alpha value is -1.14. The van der Waals surface area contributed by atoms with E-state index in [2.05, 4.69) is 19.1 Å². The Morgan fingerprint density at radius 3 is 2.35 bits per heavy atom. The molecule has 2 aliphatic rings. The highest BCUT2D eigenvalue weighted by Gasteiger charge is 2.52. The molecule has 2 aliphatic heterocycles. The second kappa shape index (κ2) is 6.06. The summed E-state index contributed by atoms with van der Waals surface area (Å²) in [5.41, 5.74) is 3.41. The van der Waals surface area contributed by atoms with Gasteiger partial charge in [0.1, 0.15) is 18.0 Å². The van der Waals surface area contributed by atoms with E-state index in [1.54, 1.807) is 7.11 Å². The summed E-state index contributed by atoms with van der Waals surface area (Å²) in [6.45, 7) is 10.4. The van der Waals surface area contributed by atoms with Crippen molar-refractivity contribution in [3.63, 3.8) is 0 Å². The molecule has 4 atom stereocenters. The van der Waals surface area contributed by atoms with Crippen molar-refractivity contribution in [2.75, 3.05) is 13.7 Å². The van der Waals surface area contributed by atoms with Crippen LogP contribution in [0.3, 0.4) is 0 Å². The second-order valence-electron chi connectivity index (χ2n) is 6.89. The maximum Gasteiger partial charge on any atom is 0.197 e. The molecule has 0 aliphatic carbocycles. The molecule has 5 nitrogen and oxygen atoms in total. The first-order valence-electron chi connectivity index (χ1n) is 8.05. The summed E-state index contributed by atoms with van der Waals surface area (Å²) in [4.78, 5) is 0. The van der Waals surface area contributed by atoms with Crippen molar-refractivity contribution in [1.29, 1.82) is 0 Å². The molecule has 2 heterocycles. The first kappa shape index (κ1) is 16.7. The van der Waals surface area contributed by atoms with Gasteiger partial charge in [-0.1, -0.05) is 17.7 Å². The molecule has 0 bridgehead atoms. The molecule has 0 amide bonds. The third kappa shape index (κ3) is 3.24. The third-order valence-corrected chi connectivity index (χ3v) is 4.33. The van der Waals surface area contributed by atoms with Crippen LogP contribution < -0.4 is 4.74 Å². The molecule has 23 heavy (non-hydrogen) atoms. The standard InChI is InChI=1S/C18H26O5/c1-10-7-11(2)14(12(3)8-10)21-16-15-13(9-20-17(16)19-6)22-18(4,5)23-15/h7-8,13,15-17H,9H2,1-6H3/t13-,15-,16+,17+/m1/s1. The van der Waals surface area contributed by atoms with E-state index in [0.29, 0.717) is 6.61 Å². The molecule has 128 valence electrons. The molecule has 1 aromatic rings. The summed E-state index contributed by atoms with van der Waals surface area (Å²) in [6, 6.07) is 4.22. The zero-order valence-corrected chi connectivity index (χ0v) is 14.7. The molecule has 0 unspecified atom stereocenters. The summed E-state index contributed by atoms with van der Waals surface area (Å²) >= 11 is 0. The van der Waals surface area contributed by atoms with Gasteiger partial charge in [0.05, 0.1) is 6.61 Å². The Labute approximate surface area is 137 Å². The number of methoxy groups -OCH3 is 1. The predicted octanol–water partition coefficient (Wildman–Crippen LogP) is 2.88. The minimum Gasteiger partial charge on any atom is -0.482 e. The lowest BCUT2D eigenvalue weighted by atomic mass is 10.0. The molecule has 0 spiro atoms. The summed E-state index contributed by atoms with van der Waals surface area (Å²) in [7, 11) is 1.62. The molecule has 0 radical (unpaired) electrons. The van der Waals surface area contributed by atoms with Gasteiger partial charge in [0.15, 0.2) is 18.2 Å². The van der Waals surface area contributed by atoms with Crippen LogP contribution in [0.5, 0.6) is 5.75 Å². The molecule has 0 saturated carbocycles. The maximum atomic E-state index is 6.33. The van der Waals surface area contributed by atoms with E-state index in [0.717, 1.165) is 16.9 Å². The molecule has 0 aromatic heterocycles. The van der Waals surface area contributed by atoms with Crippen LogP contribution in [0, 0.1) is 20.8 Å². The van der Waals surface area contributed by atoms with Crippen LogP contribution in [-0.2, 0) is 18.9 Å². The number of benzene rings is 1. The highest BCUT2D eigenvalue weighted by atomic mass is 16.8. The molecule has 3 rings (SSSR count). The molecular weight excluding hydrogens is 296 g/mol. The van der Waals surface area contributed by atoms with E-state index in [1.807, 2.05) is 27.7 Å². The summed E-state index contributed by atoms with van der Waals surface area (Å²) in [5.74, 6) is 0.223. The summed E-state index contributed by atoms with van der Waals surface area (Å²) in [5, 5.41) is 0. The average Bonchev–Trinajstić information content (AvgIpc) is 2.76. The monoisotopic (exact) mass is 322 g/mol. The minimum absolute atomic E-state index is 0.146. The SMILES string of the molecule is CO[C@H]1OC[C@H]2OC(C)(C)O[C@H]2[C@@H]1Oc1c(C)cc(C)cc1C. The van der Waals surface area contributed by atoms with Crippen LogP contribution >= 0.6 is 0 Å². The van der Waals surface area contributed by atoms with Crippen molar-refractivity contribution in [2.45, 2.75) is 65.0 Å². The van der Waals surface area contributed by atoms with E-state index in [-0.39, 0.29) is 18.3 Å². The van der Waals surface area contributed by atoms with Crippen LogP contribution in [0.15, 0.2) is 12.1 Å². The van der Waals surface area contributed by atoms with Crippen molar-refractivity contribution >= 4 is 0 Å². The quantitative estimate of drug-likeness (QED) is 0.856. The number of fused-ring (bicyclic) bond motifs is 1. The van der Waals surface area contributed by atoms with Crippen molar-refractivity contribution in [3.05, 3.63) is 28.8 Å². The largest absolute Gasteiger partial charge is 0.482 e. The lowest BCUT2D eigenvalue weighted by Crippen LogP contribution is -2.55. The van der Waals surface area contributed by atoms with E-state index >= 15 is 0 Å². The zero-order chi connectivity index (χ0) is 16.8. The molecule has 0 N–H and O–H groups in total. The van der Waals surface area contributed by atoms with Gasteiger partial charge in [-0.3, -0.25) is 0 Å². The smallest absolute Gasteiger partial charge is 0.197 e. The summed E-state index contributed by atoms with van der Waals surface area (Å²) in [6.07, 6.45) is -1.22. The van der Waals surface area contributed by atoms with E-state index in [4.69, 9.17) is 23.7 Å². The Morgan fingerprint density at radius 1 is 1.09 bits per heavy atom. The molecule has 2 fully saturated rings. The van der Waals surface area contributed by atoms with Gasteiger partial charge in [0.25, 0.3) is 0 Å². The first-order chi connectivity index (χ1) is 10.8. The van der Waals surface area contributed by atoms with Gasteiger partial charge in [-0.05, 0) is 45.7 Å². The Morgan fingerprint density at radius 2 is 1.74 bits per heavy atom. The van der Waals surface area contributed by atoms with E-state index in [1.165, 1.54) is 5.56 Å². The van der Waals surface area contributed by atoms with Crippen molar-refractivity contribution in [3.8, 4) is 5.75 Å². The number of rotatable bonds is 3. The van der Waals surface area contributed by atoms with E-state index < -0.39 is 12.1 Å². The predicted molar refractivity (Wildman–Crippen MR) is 85.6 cm³/mol. The topological polar surface area (TPSA) is 46.2 Å². The fourth-order valence-corrected chi connectivity index (χ4v) is 3.52. The lowest BCUT2D eigenvalue weighted by Gasteiger charge is -2.37. The van der Waals surface area contributed by atoms with Gasteiger partial charge in [-0.15, -0.1) is 0 Å². The maximum absolute atomic E-state index is 6.33. The van der Waals surface area contributed by atoms with Gasteiger partial charge in [0, 0.05) is 7.11 Å². The van der Waals surface area contributed by atoms with Gasteiger partial charge < -0.3 is 23.7 Å². The molecule has 5 heteroatoms. The number of hydrogen-bond acceptors (Lipinski definition) is 5. The van der Waals surface area contributed by atoms with Crippen LogP contribution in [0.2, 0.25) is 0 Å². The lowest BCUT2D eigenvalue weighted by molar-refractivity contribution is -0.234. The number of aryl methyl sites for hydroxylation is 3. The molecule has 1 aromatic carbocycles. The van der Waals surface area contributed by atoms with Crippen molar-refractivity contribution in [2.24, 2.45) is 0 Å². The van der Waals surface area contributed by atoms with Crippen molar-refractivity contribution < 1.29 is 23.7 Å². The average molecular weight is 322 g/mol.